The van der Waals surface area contributed by atoms with Gasteiger partial charge in [-0.2, -0.15) is 0 Å². The molecule has 2 rings (SSSR count). The number of amides is 1. The van der Waals surface area contributed by atoms with Crippen LogP contribution < -0.4 is 5.32 Å². The maximum Gasteiger partial charge on any atom is 0.216 e. The highest BCUT2D eigenvalue weighted by Gasteiger charge is 2.46. The van der Waals surface area contributed by atoms with Crippen LogP contribution in [0.3, 0.4) is 0 Å². The first kappa shape index (κ1) is 9.00. The Labute approximate surface area is 79.5 Å². The van der Waals surface area contributed by atoms with E-state index in [9.17, 15) is 4.79 Å². The fourth-order valence-electron chi connectivity index (χ4n) is 2.70. The van der Waals surface area contributed by atoms with Gasteiger partial charge in [0, 0.05) is 25.6 Å². The molecular formula is C10H18N2O. The van der Waals surface area contributed by atoms with Crippen LogP contribution in [0.15, 0.2) is 0 Å². The highest BCUT2D eigenvalue weighted by molar-refractivity contribution is 5.72. The fourth-order valence-corrected chi connectivity index (χ4v) is 2.70. The minimum Gasteiger partial charge on any atom is -0.356 e. The number of hydrogen-bond donors (Lipinski definition) is 1. The summed E-state index contributed by atoms with van der Waals surface area (Å²) in [5, 5.41) is 2.89. The van der Waals surface area contributed by atoms with E-state index in [0.29, 0.717) is 5.54 Å². The molecule has 0 aromatic heterocycles. The molecule has 1 atom stereocenters. The van der Waals surface area contributed by atoms with Crippen LogP contribution in [0.1, 0.15) is 32.6 Å². The summed E-state index contributed by atoms with van der Waals surface area (Å²) >= 11 is 0. The van der Waals surface area contributed by atoms with Crippen LogP contribution in [0.25, 0.3) is 0 Å². The highest BCUT2D eigenvalue weighted by Crippen LogP contribution is 2.42. The molecule has 0 saturated carbocycles. The molecule has 0 spiro atoms. The summed E-state index contributed by atoms with van der Waals surface area (Å²) in [6.07, 6.45) is 5.17. The molecular weight excluding hydrogens is 164 g/mol. The number of fused-ring (bicyclic) bond motifs is 1. The van der Waals surface area contributed by atoms with Gasteiger partial charge in [-0.15, -0.1) is 0 Å². The first-order chi connectivity index (χ1) is 6.23. The molecule has 1 unspecified atom stereocenters. The predicted molar refractivity (Wildman–Crippen MR) is 51.5 cm³/mol. The molecule has 3 heteroatoms. The van der Waals surface area contributed by atoms with Gasteiger partial charge in [-0.1, -0.05) is 0 Å². The molecule has 2 fully saturated rings. The molecule has 0 aliphatic carbocycles. The second-order valence-electron chi connectivity index (χ2n) is 4.30. The van der Waals surface area contributed by atoms with E-state index >= 15 is 0 Å². The summed E-state index contributed by atoms with van der Waals surface area (Å²) in [5.41, 5.74) is 0.489. The first-order valence-electron chi connectivity index (χ1n) is 5.22. The lowest BCUT2D eigenvalue weighted by Gasteiger charge is -2.48. The molecule has 13 heavy (non-hydrogen) atoms. The van der Waals surface area contributed by atoms with Crippen LogP contribution in [-0.4, -0.2) is 36.0 Å². The van der Waals surface area contributed by atoms with Gasteiger partial charge in [0.2, 0.25) is 5.91 Å². The summed E-state index contributed by atoms with van der Waals surface area (Å²) in [4.78, 5) is 13.3. The monoisotopic (exact) mass is 182 g/mol. The Hall–Kier alpha value is -0.570. The third kappa shape index (κ3) is 1.57. The Morgan fingerprint density at radius 2 is 2.31 bits per heavy atom. The quantitative estimate of drug-likeness (QED) is 0.698. The van der Waals surface area contributed by atoms with Crippen molar-refractivity contribution >= 4 is 5.91 Å². The molecule has 3 nitrogen and oxygen atoms in total. The number of rotatable bonds is 3. The van der Waals surface area contributed by atoms with E-state index in [2.05, 4.69) is 10.2 Å². The summed E-state index contributed by atoms with van der Waals surface area (Å²) in [6.45, 7) is 5.00. The number of hydrogen-bond acceptors (Lipinski definition) is 2. The lowest BCUT2D eigenvalue weighted by atomic mass is 9.82. The zero-order valence-corrected chi connectivity index (χ0v) is 8.31. The third-order valence-corrected chi connectivity index (χ3v) is 3.55. The van der Waals surface area contributed by atoms with Gasteiger partial charge in [0.25, 0.3) is 0 Å². The van der Waals surface area contributed by atoms with Crippen LogP contribution in [0.4, 0.5) is 0 Å². The highest BCUT2D eigenvalue weighted by atomic mass is 16.1. The van der Waals surface area contributed by atoms with E-state index in [4.69, 9.17) is 0 Å². The van der Waals surface area contributed by atoms with Crippen molar-refractivity contribution in [2.75, 3.05) is 19.6 Å². The van der Waals surface area contributed by atoms with Crippen LogP contribution in [0.5, 0.6) is 0 Å². The van der Waals surface area contributed by atoms with E-state index in [-0.39, 0.29) is 5.91 Å². The number of carbonyl (C=O) groups is 1. The molecule has 0 radical (unpaired) electrons. The Balaban J connectivity index is 1.77. The minimum atomic E-state index is 0.0975. The Bertz CT molecular complexity index is 217. The van der Waals surface area contributed by atoms with Gasteiger partial charge < -0.3 is 5.32 Å². The van der Waals surface area contributed by atoms with Gasteiger partial charge in [0.15, 0.2) is 0 Å². The predicted octanol–water partition coefficient (Wildman–Crippen LogP) is 0.751. The molecule has 2 aliphatic heterocycles. The molecule has 1 N–H and O–H groups in total. The molecule has 2 saturated heterocycles. The minimum absolute atomic E-state index is 0.0975. The van der Waals surface area contributed by atoms with Crippen LogP contribution >= 0.6 is 0 Å². The normalized spacial score (nSPS) is 32.4. The Morgan fingerprint density at radius 3 is 2.85 bits per heavy atom. The topological polar surface area (TPSA) is 32.3 Å². The van der Waals surface area contributed by atoms with E-state index in [1.807, 2.05) is 0 Å². The average Bonchev–Trinajstić information content (AvgIpc) is 2.30. The van der Waals surface area contributed by atoms with Gasteiger partial charge in [-0.05, 0) is 32.2 Å². The molecule has 0 aromatic rings. The maximum atomic E-state index is 10.7. The maximum absolute atomic E-state index is 10.7. The molecule has 0 bridgehead atoms. The molecule has 2 heterocycles. The summed E-state index contributed by atoms with van der Waals surface area (Å²) in [5.74, 6) is 0.0975. The Morgan fingerprint density at radius 1 is 1.46 bits per heavy atom. The van der Waals surface area contributed by atoms with Gasteiger partial charge in [-0.3, -0.25) is 9.69 Å². The van der Waals surface area contributed by atoms with Crippen molar-refractivity contribution in [1.29, 1.82) is 0 Å². The summed E-state index contributed by atoms with van der Waals surface area (Å²) in [7, 11) is 0. The zero-order valence-electron chi connectivity index (χ0n) is 8.31. The SMILES string of the molecule is CC(=O)NCCC12CCCN1CC2. The van der Waals surface area contributed by atoms with Crippen LogP contribution in [-0.2, 0) is 4.79 Å². The van der Waals surface area contributed by atoms with Gasteiger partial charge in [-0.25, -0.2) is 0 Å². The van der Waals surface area contributed by atoms with Crippen molar-refractivity contribution in [3.63, 3.8) is 0 Å². The van der Waals surface area contributed by atoms with Crippen molar-refractivity contribution in [3.05, 3.63) is 0 Å². The van der Waals surface area contributed by atoms with Crippen molar-refractivity contribution in [3.8, 4) is 0 Å². The van der Waals surface area contributed by atoms with Crippen molar-refractivity contribution in [2.24, 2.45) is 0 Å². The van der Waals surface area contributed by atoms with E-state index in [1.165, 1.54) is 32.4 Å². The van der Waals surface area contributed by atoms with Gasteiger partial charge in [0.1, 0.15) is 0 Å². The standard InChI is InChI=1S/C10H18N2O/c1-9(13)11-6-4-10-3-2-7-12(10)8-5-10/h2-8H2,1H3,(H,11,13). The first-order valence-corrected chi connectivity index (χ1v) is 5.22. The van der Waals surface area contributed by atoms with E-state index < -0.39 is 0 Å². The molecule has 2 aliphatic rings. The number of carbonyl (C=O) groups excluding carboxylic acids is 1. The second-order valence-corrected chi connectivity index (χ2v) is 4.30. The van der Waals surface area contributed by atoms with Crippen LogP contribution in [0, 0.1) is 0 Å². The van der Waals surface area contributed by atoms with Gasteiger partial charge >= 0.3 is 0 Å². The molecule has 1 amide bonds. The fraction of sp³-hybridized carbons (Fsp3) is 0.900. The average molecular weight is 182 g/mol. The Kier molecular flexibility index (Phi) is 2.28. The van der Waals surface area contributed by atoms with E-state index in [0.717, 1.165) is 13.0 Å². The largest absolute Gasteiger partial charge is 0.356 e. The van der Waals surface area contributed by atoms with Crippen molar-refractivity contribution < 1.29 is 4.79 Å². The zero-order chi connectivity index (χ0) is 9.31. The van der Waals surface area contributed by atoms with Crippen molar-refractivity contribution in [1.82, 2.24) is 10.2 Å². The van der Waals surface area contributed by atoms with E-state index in [1.54, 1.807) is 6.92 Å². The van der Waals surface area contributed by atoms with Gasteiger partial charge in [0.05, 0.1) is 0 Å². The number of nitrogens with zero attached hydrogens (tertiary/aromatic N) is 1. The van der Waals surface area contributed by atoms with Crippen molar-refractivity contribution in [2.45, 2.75) is 38.1 Å². The van der Waals surface area contributed by atoms with Crippen LogP contribution in [0.2, 0.25) is 0 Å². The lowest BCUT2D eigenvalue weighted by molar-refractivity contribution is -0.119. The third-order valence-electron chi connectivity index (χ3n) is 3.55. The summed E-state index contributed by atoms with van der Waals surface area (Å²) in [6, 6.07) is 0. The lowest BCUT2D eigenvalue weighted by Crippen LogP contribution is -2.56. The molecule has 0 aromatic carbocycles. The number of nitrogens with one attached hydrogen (secondary N) is 1. The summed E-state index contributed by atoms with van der Waals surface area (Å²) < 4.78 is 0. The smallest absolute Gasteiger partial charge is 0.216 e. The molecule has 74 valence electrons. The second kappa shape index (κ2) is 3.29.